The molecular formula is C17H25ClIN5. The first-order valence-electron chi connectivity index (χ1n) is 7.80. The third-order valence-corrected chi connectivity index (χ3v) is 3.82. The molecule has 0 aliphatic rings. The van der Waals surface area contributed by atoms with E-state index in [1.54, 1.807) is 6.20 Å². The largest absolute Gasteiger partial charge is 0.357 e. The highest BCUT2D eigenvalue weighted by Crippen LogP contribution is 2.07. The molecule has 0 aliphatic carbocycles. The lowest BCUT2D eigenvalue weighted by molar-refractivity contribution is 0.462. The summed E-state index contributed by atoms with van der Waals surface area (Å²) in [4.78, 5) is 10.9. The highest BCUT2D eigenvalue weighted by atomic mass is 127. The van der Waals surface area contributed by atoms with E-state index < -0.39 is 0 Å². The zero-order valence-electron chi connectivity index (χ0n) is 14.4. The van der Waals surface area contributed by atoms with Crippen LogP contribution in [-0.2, 0) is 20.0 Å². The minimum absolute atomic E-state index is 0. The second kappa shape index (κ2) is 10.6. The summed E-state index contributed by atoms with van der Waals surface area (Å²) in [6.07, 6.45) is 4.70. The summed E-state index contributed by atoms with van der Waals surface area (Å²) in [5.41, 5.74) is 2.39. The molecule has 0 fully saturated rings. The molecule has 5 nitrogen and oxygen atoms in total. The van der Waals surface area contributed by atoms with Crippen molar-refractivity contribution in [3.05, 3.63) is 53.1 Å². The third-order valence-electron chi connectivity index (χ3n) is 3.60. The second-order valence-corrected chi connectivity index (χ2v) is 5.83. The number of aryl methyl sites for hydroxylation is 1. The smallest absolute Gasteiger partial charge is 0.194 e. The molecule has 2 aromatic rings. The normalized spacial score (nSPS) is 11.1. The lowest BCUT2D eigenvalue weighted by Crippen LogP contribution is -2.39. The topological polar surface area (TPSA) is 45.5 Å². The SMILES string of the molecule is CCNC(=NCCc1ccc(Cl)nc1)N(C)Cc1cccn1C.I. The molecule has 0 amide bonds. The minimum Gasteiger partial charge on any atom is -0.357 e. The van der Waals surface area contributed by atoms with Crippen molar-refractivity contribution >= 4 is 41.5 Å². The Labute approximate surface area is 166 Å². The molecule has 2 heterocycles. The molecule has 24 heavy (non-hydrogen) atoms. The van der Waals surface area contributed by atoms with Gasteiger partial charge in [0.1, 0.15) is 5.15 Å². The van der Waals surface area contributed by atoms with E-state index in [1.165, 1.54) is 5.69 Å². The van der Waals surface area contributed by atoms with Crippen molar-refractivity contribution in [2.24, 2.45) is 12.0 Å². The van der Waals surface area contributed by atoms with Crippen LogP contribution in [0.25, 0.3) is 0 Å². The van der Waals surface area contributed by atoms with E-state index in [2.05, 4.69) is 59.1 Å². The van der Waals surface area contributed by atoms with E-state index in [0.717, 1.165) is 31.0 Å². The number of aromatic nitrogens is 2. The maximum absolute atomic E-state index is 5.80. The van der Waals surface area contributed by atoms with Crippen molar-refractivity contribution in [1.29, 1.82) is 0 Å². The van der Waals surface area contributed by atoms with Gasteiger partial charge in [0, 0.05) is 45.3 Å². The van der Waals surface area contributed by atoms with Crippen LogP contribution in [0, 0.1) is 0 Å². The van der Waals surface area contributed by atoms with Crippen molar-refractivity contribution in [1.82, 2.24) is 19.8 Å². The van der Waals surface area contributed by atoms with Crippen LogP contribution in [-0.4, -0.2) is 40.5 Å². The monoisotopic (exact) mass is 461 g/mol. The van der Waals surface area contributed by atoms with Gasteiger partial charge >= 0.3 is 0 Å². The van der Waals surface area contributed by atoms with Crippen LogP contribution >= 0.6 is 35.6 Å². The number of rotatable bonds is 6. The number of guanidine groups is 1. The standard InChI is InChI=1S/C17H24ClN5.HI/c1-4-19-17(23(3)13-15-6-5-11-22(15)2)20-10-9-14-7-8-16(18)21-12-14;/h5-8,11-12H,4,9-10,13H2,1-3H3,(H,19,20);1H. The Bertz CT molecular complexity index is 639. The Kier molecular flexibility index (Phi) is 9.13. The van der Waals surface area contributed by atoms with Gasteiger partial charge in [0.2, 0.25) is 0 Å². The molecule has 7 heteroatoms. The van der Waals surface area contributed by atoms with Gasteiger partial charge < -0.3 is 14.8 Å². The summed E-state index contributed by atoms with van der Waals surface area (Å²) in [5.74, 6) is 0.913. The van der Waals surface area contributed by atoms with Crippen LogP contribution in [0.2, 0.25) is 5.15 Å². The van der Waals surface area contributed by atoms with Crippen molar-refractivity contribution in [2.75, 3.05) is 20.1 Å². The Hall–Kier alpha value is -1.28. The summed E-state index contributed by atoms with van der Waals surface area (Å²) >= 11 is 5.80. The molecule has 0 unspecified atom stereocenters. The molecule has 0 aromatic carbocycles. The molecule has 1 N–H and O–H groups in total. The van der Waals surface area contributed by atoms with Crippen LogP contribution in [0.3, 0.4) is 0 Å². The number of hydrogen-bond acceptors (Lipinski definition) is 2. The summed E-state index contributed by atoms with van der Waals surface area (Å²) in [6.45, 7) is 4.45. The van der Waals surface area contributed by atoms with E-state index in [0.29, 0.717) is 11.7 Å². The van der Waals surface area contributed by atoms with Gasteiger partial charge in [-0.15, -0.1) is 24.0 Å². The predicted octanol–water partition coefficient (Wildman–Crippen LogP) is 3.33. The van der Waals surface area contributed by atoms with E-state index in [4.69, 9.17) is 16.6 Å². The van der Waals surface area contributed by atoms with Gasteiger partial charge in [-0.05, 0) is 37.1 Å². The summed E-state index contributed by atoms with van der Waals surface area (Å²) in [6, 6.07) is 7.99. The number of nitrogens with zero attached hydrogens (tertiary/aromatic N) is 4. The van der Waals surface area contributed by atoms with Crippen LogP contribution < -0.4 is 5.32 Å². The lowest BCUT2D eigenvalue weighted by Gasteiger charge is -2.22. The van der Waals surface area contributed by atoms with Gasteiger partial charge in [0.05, 0.1) is 6.54 Å². The molecule has 132 valence electrons. The number of pyridine rings is 1. The molecule has 2 rings (SSSR count). The summed E-state index contributed by atoms with van der Waals surface area (Å²) in [7, 11) is 4.11. The van der Waals surface area contributed by atoms with Crippen molar-refractivity contribution in [2.45, 2.75) is 19.9 Å². The fourth-order valence-corrected chi connectivity index (χ4v) is 2.41. The fraction of sp³-hybridized carbons (Fsp3) is 0.412. The molecule has 0 bridgehead atoms. The quantitative estimate of drug-likeness (QED) is 0.311. The molecule has 0 saturated heterocycles. The van der Waals surface area contributed by atoms with E-state index in [1.807, 2.05) is 12.1 Å². The van der Waals surface area contributed by atoms with E-state index >= 15 is 0 Å². The molecule has 0 radical (unpaired) electrons. The van der Waals surface area contributed by atoms with Gasteiger partial charge in [-0.3, -0.25) is 4.99 Å². The number of hydrogen-bond donors (Lipinski definition) is 1. The van der Waals surface area contributed by atoms with Crippen LogP contribution in [0.15, 0.2) is 41.7 Å². The predicted molar refractivity (Wildman–Crippen MR) is 111 cm³/mol. The van der Waals surface area contributed by atoms with Crippen LogP contribution in [0.1, 0.15) is 18.2 Å². The molecule has 0 aliphatic heterocycles. The lowest BCUT2D eigenvalue weighted by atomic mass is 10.2. The summed E-state index contributed by atoms with van der Waals surface area (Å²) in [5, 5.41) is 3.86. The molecule has 2 aromatic heterocycles. The van der Waals surface area contributed by atoms with E-state index in [9.17, 15) is 0 Å². The highest BCUT2D eigenvalue weighted by Gasteiger charge is 2.08. The Balaban J connectivity index is 0.00000288. The fourth-order valence-electron chi connectivity index (χ4n) is 2.29. The maximum Gasteiger partial charge on any atom is 0.194 e. The van der Waals surface area contributed by atoms with Gasteiger partial charge in [0.15, 0.2) is 5.96 Å². The third kappa shape index (κ3) is 6.32. The number of halogens is 2. The average molecular weight is 462 g/mol. The summed E-state index contributed by atoms with van der Waals surface area (Å²) < 4.78 is 2.12. The highest BCUT2D eigenvalue weighted by molar-refractivity contribution is 14.0. The zero-order chi connectivity index (χ0) is 16.7. The molecule has 0 atom stereocenters. The number of aliphatic imine (C=N–C) groups is 1. The van der Waals surface area contributed by atoms with Gasteiger partial charge in [-0.2, -0.15) is 0 Å². The first-order valence-corrected chi connectivity index (χ1v) is 8.18. The zero-order valence-corrected chi connectivity index (χ0v) is 17.5. The first kappa shape index (κ1) is 20.8. The maximum atomic E-state index is 5.80. The minimum atomic E-state index is 0. The van der Waals surface area contributed by atoms with Gasteiger partial charge in [-0.1, -0.05) is 17.7 Å². The first-order chi connectivity index (χ1) is 11.1. The van der Waals surface area contributed by atoms with E-state index in [-0.39, 0.29) is 24.0 Å². The number of nitrogens with one attached hydrogen (secondary N) is 1. The van der Waals surface area contributed by atoms with Crippen LogP contribution in [0.4, 0.5) is 0 Å². The second-order valence-electron chi connectivity index (χ2n) is 5.44. The van der Waals surface area contributed by atoms with Gasteiger partial charge in [-0.25, -0.2) is 4.98 Å². The van der Waals surface area contributed by atoms with Crippen molar-refractivity contribution in [3.63, 3.8) is 0 Å². The van der Waals surface area contributed by atoms with Gasteiger partial charge in [0.25, 0.3) is 0 Å². The van der Waals surface area contributed by atoms with Crippen LogP contribution in [0.5, 0.6) is 0 Å². The molecular weight excluding hydrogens is 437 g/mol. The van der Waals surface area contributed by atoms with Crippen molar-refractivity contribution in [3.8, 4) is 0 Å². The Morgan fingerprint density at radius 3 is 2.75 bits per heavy atom. The average Bonchev–Trinajstić information content (AvgIpc) is 2.93. The Morgan fingerprint density at radius 1 is 1.38 bits per heavy atom. The Morgan fingerprint density at radius 2 is 2.17 bits per heavy atom. The van der Waals surface area contributed by atoms with Crippen molar-refractivity contribution < 1.29 is 0 Å². The molecule has 0 saturated carbocycles. The molecule has 0 spiro atoms.